The summed E-state index contributed by atoms with van der Waals surface area (Å²) in [7, 11) is 1.22. The molecule has 0 aliphatic carbocycles. The summed E-state index contributed by atoms with van der Waals surface area (Å²) in [6.07, 6.45) is -0.142. The Balaban J connectivity index is 2.61. The number of ether oxygens (including phenoxy) is 2. The molecule has 66 valence electrons. The second kappa shape index (κ2) is 3.34. The summed E-state index contributed by atoms with van der Waals surface area (Å²) in [5.41, 5.74) is 0. The Morgan fingerprint density at radius 1 is 1.42 bits per heavy atom. The molecule has 5 nitrogen and oxygen atoms in total. The van der Waals surface area contributed by atoms with Crippen molar-refractivity contribution in [2.24, 2.45) is 5.92 Å². The van der Waals surface area contributed by atoms with E-state index in [1.807, 2.05) is 0 Å². The van der Waals surface area contributed by atoms with Crippen LogP contribution in [0.5, 0.6) is 0 Å². The summed E-state index contributed by atoms with van der Waals surface area (Å²) >= 11 is 0. The van der Waals surface area contributed by atoms with Crippen molar-refractivity contribution in [2.45, 2.75) is 12.8 Å². The first-order valence-corrected chi connectivity index (χ1v) is 3.45. The van der Waals surface area contributed by atoms with Crippen LogP contribution in [0, 0.1) is 5.92 Å². The topological polar surface area (TPSA) is 69.7 Å². The van der Waals surface area contributed by atoms with Crippen molar-refractivity contribution in [2.75, 3.05) is 7.11 Å². The lowest BCUT2D eigenvalue weighted by Crippen LogP contribution is -2.30. The van der Waals surface area contributed by atoms with Crippen LogP contribution in [0.25, 0.3) is 0 Å². The Bertz CT molecular complexity index is 216. The maximum Gasteiger partial charge on any atom is 0.314 e. The zero-order valence-electron chi connectivity index (χ0n) is 6.53. The smallest absolute Gasteiger partial charge is 0.314 e. The van der Waals surface area contributed by atoms with Gasteiger partial charge in [0.05, 0.1) is 25.9 Å². The van der Waals surface area contributed by atoms with E-state index in [1.54, 1.807) is 0 Å². The fraction of sp³-hybridized carbons (Fsp3) is 0.571. The number of hydrogen-bond acceptors (Lipinski definition) is 5. The molecular formula is C7H8O5. The molecule has 0 spiro atoms. The third kappa shape index (κ3) is 1.81. The lowest BCUT2D eigenvalue weighted by Gasteiger charge is -2.16. The first kappa shape index (κ1) is 8.70. The third-order valence-corrected chi connectivity index (χ3v) is 1.59. The van der Waals surface area contributed by atoms with Gasteiger partial charge in [-0.05, 0) is 0 Å². The Hall–Kier alpha value is -1.39. The van der Waals surface area contributed by atoms with Gasteiger partial charge in [0.25, 0.3) is 0 Å². The molecule has 12 heavy (non-hydrogen) atoms. The molecule has 5 heteroatoms. The third-order valence-electron chi connectivity index (χ3n) is 1.59. The number of esters is 3. The molecule has 0 unspecified atom stereocenters. The first-order valence-electron chi connectivity index (χ1n) is 3.45. The summed E-state index contributed by atoms with van der Waals surface area (Å²) < 4.78 is 8.61. The quantitative estimate of drug-likeness (QED) is 0.399. The molecule has 0 aromatic heterocycles. The average molecular weight is 172 g/mol. The van der Waals surface area contributed by atoms with Gasteiger partial charge in [0.15, 0.2) is 0 Å². The van der Waals surface area contributed by atoms with Gasteiger partial charge >= 0.3 is 17.9 Å². The van der Waals surface area contributed by atoms with Crippen LogP contribution in [0.3, 0.4) is 0 Å². The van der Waals surface area contributed by atoms with Crippen LogP contribution in [0.4, 0.5) is 0 Å². The second-order valence-corrected chi connectivity index (χ2v) is 2.47. The molecule has 0 bridgehead atoms. The number of hydrogen-bond donors (Lipinski definition) is 0. The summed E-state index contributed by atoms with van der Waals surface area (Å²) in [6.45, 7) is 0. The fourth-order valence-corrected chi connectivity index (χ4v) is 1.02. The molecule has 1 saturated heterocycles. The van der Waals surface area contributed by atoms with Crippen LogP contribution in [0.15, 0.2) is 0 Å². The summed E-state index contributed by atoms with van der Waals surface area (Å²) in [5, 5.41) is 0. The molecule has 1 fully saturated rings. The highest BCUT2D eigenvalue weighted by atomic mass is 16.6. The Morgan fingerprint density at radius 2 is 1.92 bits per heavy atom. The Kier molecular flexibility index (Phi) is 2.42. The normalized spacial score (nSPS) is 18.8. The van der Waals surface area contributed by atoms with Gasteiger partial charge in [-0.3, -0.25) is 14.4 Å². The zero-order chi connectivity index (χ0) is 9.14. The van der Waals surface area contributed by atoms with Crippen molar-refractivity contribution in [1.82, 2.24) is 0 Å². The van der Waals surface area contributed by atoms with E-state index in [1.165, 1.54) is 7.11 Å². The molecule has 0 N–H and O–H groups in total. The summed E-state index contributed by atoms with van der Waals surface area (Å²) in [5.74, 6) is -2.54. The molecule has 0 atom stereocenters. The minimum absolute atomic E-state index is 0.0710. The first-order chi connectivity index (χ1) is 5.63. The average Bonchev–Trinajstić information content (AvgIpc) is 2.01. The molecule has 1 heterocycles. The van der Waals surface area contributed by atoms with Gasteiger partial charge in [0.2, 0.25) is 0 Å². The maximum atomic E-state index is 10.9. The second-order valence-electron chi connectivity index (χ2n) is 2.47. The summed E-state index contributed by atoms with van der Waals surface area (Å²) in [4.78, 5) is 32.2. The van der Waals surface area contributed by atoms with Crippen LogP contribution in [0.1, 0.15) is 12.8 Å². The number of methoxy groups -OCH3 is 1. The van der Waals surface area contributed by atoms with E-state index in [0.717, 1.165) is 0 Å². The number of carbonyl (C=O) groups is 3. The van der Waals surface area contributed by atoms with Gasteiger partial charge in [-0.1, -0.05) is 0 Å². The van der Waals surface area contributed by atoms with E-state index in [2.05, 4.69) is 9.47 Å². The van der Waals surface area contributed by atoms with Gasteiger partial charge in [-0.2, -0.15) is 0 Å². The van der Waals surface area contributed by atoms with E-state index < -0.39 is 23.8 Å². The van der Waals surface area contributed by atoms with Crippen LogP contribution < -0.4 is 0 Å². The zero-order valence-corrected chi connectivity index (χ0v) is 6.53. The molecule has 0 aromatic carbocycles. The molecule has 0 saturated carbocycles. The standard InChI is InChI=1S/C7H8O5/c1-11-7(10)4-2-5(8)12-6(9)3-4/h4H,2-3H2,1H3. The van der Waals surface area contributed by atoms with E-state index in [4.69, 9.17) is 0 Å². The van der Waals surface area contributed by atoms with Crippen molar-refractivity contribution in [3.8, 4) is 0 Å². The van der Waals surface area contributed by atoms with Crippen molar-refractivity contribution in [3.05, 3.63) is 0 Å². The van der Waals surface area contributed by atoms with Crippen molar-refractivity contribution >= 4 is 17.9 Å². The lowest BCUT2D eigenvalue weighted by atomic mass is 10.00. The monoisotopic (exact) mass is 172 g/mol. The summed E-state index contributed by atoms with van der Waals surface area (Å²) in [6, 6.07) is 0. The molecule has 0 aromatic rings. The number of carbonyl (C=O) groups excluding carboxylic acids is 3. The predicted octanol–water partition coefficient (Wildman–Crippen LogP) is -0.361. The molecule has 1 aliphatic rings. The number of cyclic esters (lactones) is 2. The van der Waals surface area contributed by atoms with Crippen LogP contribution in [0.2, 0.25) is 0 Å². The van der Waals surface area contributed by atoms with Crippen LogP contribution in [-0.4, -0.2) is 25.0 Å². The van der Waals surface area contributed by atoms with Gasteiger partial charge in [-0.25, -0.2) is 0 Å². The van der Waals surface area contributed by atoms with Crippen LogP contribution >= 0.6 is 0 Å². The van der Waals surface area contributed by atoms with Crippen molar-refractivity contribution < 1.29 is 23.9 Å². The maximum absolute atomic E-state index is 10.9. The van der Waals surface area contributed by atoms with Gasteiger partial charge in [0.1, 0.15) is 0 Å². The van der Waals surface area contributed by atoms with E-state index in [0.29, 0.717) is 0 Å². The molecular weight excluding hydrogens is 164 g/mol. The van der Waals surface area contributed by atoms with Gasteiger partial charge in [0, 0.05) is 0 Å². The largest absolute Gasteiger partial charge is 0.469 e. The SMILES string of the molecule is COC(=O)C1CC(=O)OC(=O)C1. The minimum atomic E-state index is -0.665. The van der Waals surface area contributed by atoms with Gasteiger partial charge < -0.3 is 9.47 Å². The number of rotatable bonds is 1. The van der Waals surface area contributed by atoms with E-state index in [-0.39, 0.29) is 12.8 Å². The highest BCUT2D eigenvalue weighted by molar-refractivity contribution is 5.93. The lowest BCUT2D eigenvalue weighted by molar-refractivity contribution is -0.170. The minimum Gasteiger partial charge on any atom is -0.469 e. The van der Waals surface area contributed by atoms with E-state index in [9.17, 15) is 14.4 Å². The molecule has 0 radical (unpaired) electrons. The highest BCUT2D eigenvalue weighted by Gasteiger charge is 2.32. The fourth-order valence-electron chi connectivity index (χ4n) is 1.02. The van der Waals surface area contributed by atoms with Gasteiger partial charge in [-0.15, -0.1) is 0 Å². The van der Waals surface area contributed by atoms with Crippen molar-refractivity contribution in [1.29, 1.82) is 0 Å². The Morgan fingerprint density at radius 3 is 2.33 bits per heavy atom. The van der Waals surface area contributed by atoms with Crippen molar-refractivity contribution in [3.63, 3.8) is 0 Å². The highest BCUT2D eigenvalue weighted by Crippen LogP contribution is 2.17. The molecule has 1 aliphatic heterocycles. The van der Waals surface area contributed by atoms with E-state index >= 15 is 0 Å². The molecule has 0 amide bonds. The predicted molar refractivity (Wildman–Crippen MR) is 35.8 cm³/mol. The van der Waals surface area contributed by atoms with Crippen LogP contribution in [-0.2, 0) is 23.9 Å². The molecule has 1 rings (SSSR count). The Labute approximate surface area is 68.6 Å².